The van der Waals surface area contributed by atoms with E-state index in [9.17, 15) is 9.59 Å². The first kappa shape index (κ1) is 23.9. The Hall–Kier alpha value is -4.25. The molecule has 1 aromatic heterocycles. The molecule has 4 N–H and O–H groups in total. The van der Waals surface area contributed by atoms with E-state index in [1.54, 1.807) is 16.5 Å². The number of primary amides is 1. The van der Waals surface area contributed by atoms with Crippen LogP contribution in [0.25, 0.3) is 11.3 Å². The first-order valence-corrected chi connectivity index (χ1v) is 11.7. The number of hydrogen-bond donors (Lipinski definition) is 2. The van der Waals surface area contributed by atoms with E-state index in [2.05, 4.69) is 11.8 Å². The summed E-state index contributed by atoms with van der Waals surface area (Å²) in [6.45, 7) is 2.89. The molecule has 0 unspecified atom stereocenters. The summed E-state index contributed by atoms with van der Waals surface area (Å²) in [4.78, 5) is 26.4. The van der Waals surface area contributed by atoms with Gasteiger partial charge in [-0.3, -0.25) is 9.59 Å². The third kappa shape index (κ3) is 5.46. The first-order valence-electron chi connectivity index (χ1n) is 11.7. The molecule has 8 heteroatoms. The van der Waals surface area contributed by atoms with Crippen molar-refractivity contribution in [3.05, 3.63) is 60.2 Å². The van der Waals surface area contributed by atoms with Gasteiger partial charge in [-0.1, -0.05) is 24.1 Å². The molecule has 0 spiro atoms. The monoisotopic (exact) mass is 471 g/mol. The quantitative estimate of drug-likeness (QED) is 0.546. The minimum absolute atomic E-state index is 0.0623. The smallest absolute Gasteiger partial charge is 0.298 e. The van der Waals surface area contributed by atoms with E-state index in [0.717, 1.165) is 25.0 Å². The van der Waals surface area contributed by atoms with Crippen LogP contribution in [-0.2, 0) is 4.79 Å². The molecule has 4 rings (SSSR count). The molecule has 35 heavy (non-hydrogen) atoms. The van der Waals surface area contributed by atoms with Crippen LogP contribution in [0.5, 0.6) is 11.5 Å². The molecular formula is C27H29N5O3. The minimum atomic E-state index is -0.630. The molecule has 2 aromatic carbocycles. The lowest BCUT2D eigenvalue weighted by Crippen LogP contribution is -2.35. The van der Waals surface area contributed by atoms with Crippen LogP contribution < -0.4 is 16.2 Å². The Kier molecular flexibility index (Phi) is 7.36. The Morgan fingerprint density at radius 3 is 2.40 bits per heavy atom. The Labute approximate surface area is 204 Å². The summed E-state index contributed by atoms with van der Waals surface area (Å²) in [5.74, 6) is 6.13. The maximum absolute atomic E-state index is 12.4. The highest BCUT2D eigenvalue weighted by Gasteiger charge is 2.27. The van der Waals surface area contributed by atoms with Crippen molar-refractivity contribution in [3.8, 4) is 34.6 Å². The van der Waals surface area contributed by atoms with Gasteiger partial charge in [0.25, 0.3) is 11.8 Å². The van der Waals surface area contributed by atoms with Crippen LogP contribution >= 0.6 is 0 Å². The standard InChI is InChI=1S/C27H29N5O3/c1-2-8-23(33)31-17-7-6-9-20(16-18-31)32-26(28)24(27(29)34)25(30-32)19-12-14-22(15-13-19)35-21-10-4-3-5-11-21/h3-5,10-15,20H,6-7,9,16-18,28H2,1H3,(H2,29,34)/t20-/m0/s1. The van der Waals surface area contributed by atoms with Crippen LogP contribution in [0.4, 0.5) is 5.82 Å². The molecule has 1 fully saturated rings. The predicted molar refractivity (Wildman–Crippen MR) is 135 cm³/mol. The molecule has 0 saturated carbocycles. The minimum Gasteiger partial charge on any atom is -0.457 e. The molecule has 0 aliphatic carbocycles. The highest BCUT2D eigenvalue weighted by atomic mass is 16.5. The summed E-state index contributed by atoms with van der Waals surface area (Å²) in [6.07, 6.45) is 3.27. The summed E-state index contributed by atoms with van der Waals surface area (Å²) in [5, 5.41) is 4.74. The summed E-state index contributed by atoms with van der Waals surface area (Å²) < 4.78 is 7.56. The SMILES string of the molecule is CC#CC(=O)N1CCCC[C@H](n2nc(-c3ccc(Oc4ccccc4)cc3)c(C(N)=O)c2N)CC1. The number of ether oxygens (including phenoxy) is 1. The Bertz CT molecular complexity index is 1260. The normalized spacial score (nSPS) is 15.9. The van der Waals surface area contributed by atoms with Crippen LogP contribution in [0.2, 0.25) is 0 Å². The number of rotatable bonds is 5. The predicted octanol–water partition coefficient (Wildman–Crippen LogP) is 3.99. The van der Waals surface area contributed by atoms with Crippen molar-refractivity contribution in [1.29, 1.82) is 0 Å². The highest BCUT2D eigenvalue weighted by Crippen LogP contribution is 2.33. The number of nitrogens with zero attached hydrogens (tertiary/aromatic N) is 3. The molecule has 1 aliphatic rings. The van der Waals surface area contributed by atoms with Gasteiger partial charge in [-0.15, -0.1) is 0 Å². The van der Waals surface area contributed by atoms with Gasteiger partial charge < -0.3 is 21.1 Å². The fraction of sp³-hybridized carbons (Fsp3) is 0.296. The van der Waals surface area contributed by atoms with Gasteiger partial charge in [0.15, 0.2) is 0 Å². The zero-order valence-electron chi connectivity index (χ0n) is 19.7. The molecule has 0 bridgehead atoms. The van der Waals surface area contributed by atoms with Gasteiger partial charge in [0.05, 0.1) is 6.04 Å². The van der Waals surface area contributed by atoms with E-state index in [-0.39, 0.29) is 23.3 Å². The zero-order chi connectivity index (χ0) is 24.8. The number of carbonyl (C=O) groups is 2. The Morgan fingerprint density at radius 2 is 1.71 bits per heavy atom. The van der Waals surface area contributed by atoms with E-state index in [1.165, 1.54) is 0 Å². The number of nitrogens with two attached hydrogens (primary N) is 2. The number of amides is 2. The number of hydrogen-bond acceptors (Lipinski definition) is 5. The van der Waals surface area contributed by atoms with Gasteiger partial charge >= 0.3 is 0 Å². The van der Waals surface area contributed by atoms with E-state index in [0.29, 0.717) is 36.5 Å². The molecular weight excluding hydrogens is 442 g/mol. The maximum atomic E-state index is 12.4. The summed E-state index contributed by atoms with van der Waals surface area (Å²) in [7, 11) is 0. The van der Waals surface area contributed by atoms with Crippen molar-refractivity contribution in [2.45, 2.75) is 38.6 Å². The number of nitrogen functional groups attached to an aromatic ring is 1. The molecule has 2 amide bonds. The van der Waals surface area contributed by atoms with Crippen molar-refractivity contribution in [3.63, 3.8) is 0 Å². The second-order valence-electron chi connectivity index (χ2n) is 8.46. The number of carbonyl (C=O) groups excluding carboxylic acids is 2. The summed E-state index contributed by atoms with van der Waals surface area (Å²) in [5.41, 5.74) is 13.5. The van der Waals surface area contributed by atoms with Crippen molar-refractivity contribution in [1.82, 2.24) is 14.7 Å². The van der Waals surface area contributed by atoms with Crippen LogP contribution in [0.1, 0.15) is 49.0 Å². The van der Waals surface area contributed by atoms with Gasteiger partial charge in [-0.25, -0.2) is 4.68 Å². The van der Waals surface area contributed by atoms with Gasteiger partial charge in [-0.2, -0.15) is 5.10 Å². The van der Waals surface area contributed by atoms with Crippen LogP contribution in [0.3, 0.4) is 0 Å². The van der Waals surface area contributed by atoms with E-state index in [4.69, 9.17) is 21.3 Å². The number of anilines is 1. The van der Waals surface area contributed by atoms with E-state index >= 15 is 0 Å². The number of benzene rings is 2. The molecule has 3 aromatic rings. The lowest BCUT2D eigenvalue weighted by atomic mass is 10.0. The second-order valence-corrected chi connectivity index (χ2v) is 8.46. The fourth-order valence-electron chi connectivity index (χ4n) is 4.35. The largest absolute Gasteiger partial charge is 0.457 e. The molecule has 1 atom stereocenters. The van der Waals surface area contributed by atoms with Gasteiger partial charge in [0, 0.05) is 18.7 Å². The van der Waals surface area contributed by atoms with Crippen molar-refractivity contribution in [2.75, 3.05) is 18.8 Å². The lowest BCUT2D eigenvalue weighted by molar-refractivity contribution is -0.125. The Morgan fingerprint density at radius 1 is 1.00 bits per heavy atom. The molecule has 0 radical (unpaired) electrons. The van der Waals surface area contributed by atoms with E-state index < -0.39 is 5.91 Å². The average molecular weight is 472 g/mol. The number of para-hydroxylation sites is 1. The third-order valence-electron chi connectivity index (χ3n) is 6.11. The molecule has 180 valence electrons. The molecule has 1 aliphatic heterocycles. The molecule has 2 heterocycles. The first-order chi connectivity index (χ1) is 17.0. The third-order valence-corrected chi connectivity index (χ3v) is 6.11. The topological polar surface area (TPSA) is 116 Å². The van der Waals surface area contributed by atoms with E-state index in [1.807, 2.05) is 54.6 Å². The van der Waals surface area contributed by atoms with Crippen molar-refractivity contribution < 1.29 is 14.3 Å². The fourth-order valence-corrected chi connectivity index (χ4v) is 4.35. The van der Waals surface area contributed by atoms with Gasteiger partial charge in [0.1, 0.15) is 28.6 Å². The van der Waals surface area contributed by atoms with Crippen LogP contribution in [-0.4, -0.2) is 39.6 Å². The van der Waals surface area contributed by atoms with Crippen molar-refractivity contribution >= 4 is 17.6 Å². The summed E-state index contributed by atoms with van der Waals surface area (Å²) in [6, 6.07) is 16.7. The maximum Gasteiger partial charge on any atom is 0.298 e. The lowest BCUT2D eigenvalue weighted by Gasteiger charge is -2.27. The van der Waals surface area contributed by atoms with Crippen molar-refractivity contribution in [2.24, 2.45) is 5.73 Å². The number of likely N-dealkylation sites (tertiary alicyclic amines) is 1. The van der Waals surface area contributed by atoms with Crippen LogP contribution in [0, 0.1) is 11.8 Å². The zero-order valence-corrected chi connectivity index (χ0v) is 19.7. The number of aromatic nitrogens is 2. The van der Waals surface area contributed by atoms with Crippen LogP contribution in [0.15, 0.2) is 54.6 Å². The second kappa shape index (κ2) is 10.8. The highest BCUT2D eigenvalue weighted by molar-refractivity contribution is 6.03. The van der Waals surface area contributed by atoms with Gasteiger partial charge in [0.2, 0.25) is 0 Å². The summed E-state index contributed by atoms with van der Waals surface area (Å²) >= 11 is 0. The Balaban J connectivity index is 1.60. The van der Waals surface area contributed by atoms with Gasteiger partial charge in [-0.05, 0) is 74.9 Å². The average Bonchev–Trinajstić information content (AvgIpc) is 3.17. The molecule has 1 saturated heterocycles. The molecule has 8 nitrogen and oxygen atoms in total.